The van der Waals surface area contributed by atoms with Gasteiger partial charge in [-0.05, 0) is 31.2 Å². The molecule has 7 heteroatoms. The Kier molecular flexibility index (Phi) is 4.99. The highest BCUT2D eigenvalue weighted by atomic mass is 32.2. The van der Waals surface area contributed by atoms with Crippen LogP contribution in [-0.4, -0.2) is 16.1 Å². The zero-order valence-corrected chi connectivity index (χ0v) is 12.1. The van der Waals surface area contributed by atoms with Gasteiger partial charge in [0.15, 0.2) is 0 Å². The van der Waals surface area contributed by atoms with Crippen molar-refractivity contribution in [3.63, 3.8) is 0 Å². The minimum absolute atomic E-state index is 0.0364. The Morgan fingerprint density at radius 2 is 2.10 bits per heavy atom. The summed E-state index contributed by atoms with van der Waals surface area (Å²) in [5.74, 6) is 0.575. The van der Waals surface area contributed by atoms with E-state index in [1.807, 2.05) is 0 Å². The van der Waals surface area contributed by atoms with Crippen molar-refractivity contribution in [1.29, 1.82) is 0 Å². The first-order valence-corrected chi connectivity index (χ1v) is 7.15. The van der Waals surface area contributed by atoms with Gasteiger partial charge < -0.3 is 9.73 Å². The van der Waals surface area contributed by atoms with Crippen LogP contribution in [0.5, 0.6) is 0 Å². The molecule has 0 bridgehead atoms. The SMILES string of the molecule is C[C@H](Sc1ccc([N+](=O)[O-])cc1)C(=O)NCc1ccco1. The first-order chi connectivity index (χ1) is 10.1. The predicted octanol–water partition coefficient (Wildman–Crippen LogP) is 2.98. The lowest BCUT2D eigenvalue weighted by atomic mass is 10.3. The number of hydrogen-bond acceptors (Lipinski definition) is 5. The first kappa shape index (κ1) is 15.1. The molecule has 0 unspecified atom stereocenters. The Hall–Kier alpha value is -2.28. The number of nitro benzene ring substituents is 1. The van der Waals surface area contributed by atoms with Gasteiger partial charge in [-0.15, -0.1) is 11.8 Å². The smallest absolute Gasteiger partial charge is 0.269 e. The van der Waals surface area contributed by atoms with Crippen LogP contribution in [0.4, 0.5) is 5.69 Å². The van der Waals surface area contributed by atoms with Gasteiger partial charge in [0.1, 0.15) is 5.76 Å². The highest BCUT2D eigenvalue weighted by Gasteiger charge is 2.15. The normalized spacial score (nSPS) is 11.9. The number of amides is 1. The van der Waals surface area contributed by atoms with Gasteiger partial charge in [0, 0.05) is 17.0 Å². The standard InChI is InChI=1S/C14H14N2O4S/c1-10(14(17)15-9-12-3-2-8-20-12)21-13-6-4-11(5-7-13)16(18)19/h2-8,10H,9H2,1H3,(H,15,17)/t10-/m0/s1. The molecule has 1 N–H and O–H groups in total. The number of benzene rings is 1. The number of nitrogens with one attached hydrogen (secondary N) is 1. The second-order valence-corrected chi connectivity index (χ2v) is 5.72. The van der Waals surface area contributed by atoms with Gasteiger partial charge in [-0.3, -0.25) is 14.9 Å². The number of carbonyl (C=O) groups excluding carboxylic acids is 1. The van der Waals surface area contributed by atoms with Crippen LogP contribution in [0.15, 0.2) is 52.0 Å². The summed E-state index contributed by atoms with van der Waals surface area (Å²) in [5.41, 5.74) is 0.0364. The first-order valence-electron chi connectivity index (χ1n) is 6.27. The molecule has 1 atom stereocenters. The molecule has 0 saturated heterocycles. The van der Waals surface area contributed by atoms with Crippen molar-refractivity contribution in [2.75, 3.05) is 0 Å². The molecule has 1 aromatic carbocycles. The zero-order valence-electron chi connectivity index (χ0n) is 11.3. The van der Waals surface area contributed by atoms with Crippen molar-refractivity contribution in [2.24, 2.45) is 0 Å². The molecular weight excluding hydrogens is 292 g/mol. The van der Waals surface area contributed by atoms with Gasteiger partial charge in [-0.2, -0.15) is 0 Å². The van der Waals surface area contributed by atoms with E-state index in [4.69, 9.17) is 4.42 Å². The van der Waals surface area contributed by atoms with Crippen LogP contribution in [0.2, 0.25) is 0 Å². The zero-order chi connectivity index (χ0) is 15.2. The average Bonchev–Trinajstić information content (AvgIpc) is 2.98. The molecule has 6 nitrogen and oxygen atoms in total. The number of nitrogens with zero attached hydrogens (tertiary/aromatic N) is 1. The van der Waals surface area contributed by atoms with E-state index in [9.17, 15) is 14.9 Å². The average molecular weight is 306 g/mol. The third-order valence-corrected chi connectivity index (χ3v) is 3.86. The molecule has 0 aliphatic heterocycles. The second kappa shape index (κ2) is 6.94. The van der Waals surface area contributed by atoms with E-state index >= 15 is 0 Å². The minimum atomic E-state index is -0.450. The summed E-state index contributed by atoms with van der Waals surface area (Å²) in [6.07, 6.45) is 1.55. The van der Waals surface area contributed by atoms with Crippen molar-refractivity contribution >= 4 is 23.4 Å². The topological polar surface area (TPSA) is 85.4 Å². The Morgan fingerprint density at radius 1 is 1.38 bits per heavy atom. The molecule has 1 heterocycles. The number of furan rings is 1. The minimum Gasteiger partial charge on any atom is -0.467 e. The molecule has 1 aromatic heterocycles. The van der Waals surface area contributed by atoms with Crippen LogP contribution in [0.3, 0.4) is 0 Å². The van der Waals surface area contributed by atoms with Crippen LogP contribution in [0.25, 0.3) is 0 Å². The van der Waals surface area contributed by atoms with Crippen LogP contribution in [-0.2, 0) is 11.3 Å². The van der Waals surface area contributed by atoms with Gasteiger partial charge in [0.25, 0.3) is 5.69 Å². The van der Waals surface area contributed by atoms with Crippen LogP contribution in [0, 0.1) is 10.1 Å². The third kappa shape index (κ3) is 4.35. The van der Waals surface area contributed by atoms with Gasteiger partial charge in [0.05, 0.1) is 23.0 Å². The van der Waals surface area contributed by atoms with E-state index in [1.165, 1.54) is 23.9 Å². The number of carbonyl (C=O) groups is 1. The summed E-state index contributed by atoms with van der Waals surface area (Å²) in [7, 11) is 0. The monoisotopic (exact) mass is 306 g/mol. The fourth-order valence-corrected chi connectivity index (χ4v) is 2.53. The number of non-ortho nitro benzene ring substituents is 1. The Labute approximate surface area is 125 Å². The highest BCUT2D eigenvalue weighted by molar-refractivity contribution is 8.00. The van der Waals surface area contributed by atoms with Gasteiger partial charge in [-0.1, -0.05) is 0 Å². The van der Waals surface area contributed by atoms with Crippen molar-refractivity contribution in [2.45, 2.75) is 23.6 Å². The maximum absolute atomic E-state index is 11.9. The lowest BCUT2D eigenvalue weighted by molar-refractivity contribution is -0.384. The van der Waals surface area contributed by atoms with E-state index in [2.05, 4.69) is 5.32 Å². The third-order valence-electron chi connectivity index (χ3n) is 2.75. The molecule has 0 aliphatic carbocycles. The fourth-order valence-electron chi connectivity index (χ4n) is 1.64. The maximum atomic E-state index is 11.9. The summed E-state index contributed by atoms with van der Waals surface area (Å²) in [4.78, 5) is 22.9. The number of rotatable bonds is 6. The number of thioether (sulfide) groups is 1. The molecule has 0 saturated carbocycles. The van der Waals surface area contributed by atoms with Crippen molar-refractivity contribution in [3.05, 3.63) is 58.5 Å². The molecule has 0 radical (unpaired) electrons. The van der Waals surface area contributed by atoms with Gasteiger partial charge >= 0.3 is 0 Å². The lowest BCUT2D eigenvalue weighted by Gasteiger charge is -2.11. The van der Waals surface area contributed by atoms with E-state index in [0.29, 0.717) is 12.3 Å². The van der Waals surface area contributed by atoms with Crippen molar-refractivity contribution in [1.82, 2.24) is 5.32 Å². The van der Waals surface area contributed by atoms with Crippen LogP contribution >= 0.6 is 11.8 Å². The van der Waals surface area contributed by atoms with Crippen molar-refractivity contribution < 1.29 is 14.1 Å². The van der Waals surface area contributed by atoms with Crippen LogP contribution in [0.1, 0.15) is 12.7 Å². The maximum Gasteiger partial charge on any atom is 0.269 e. The van der Waals surface area contributed by atoms with Gasteiger partial charge in [0.2, 0.25) is 5.91 Å². The van der Waals surface area contributed by atoms with E-state index < -0.39 is 4.92 Å². The van der Waals surface area contributed by atoms with Crippen LogP contribution < -0.4 is 5.32 Å². The Morgan fingerprint density at radius 3 is 2.67 bits per heavy atom. The molecule has 0 fully saturated rings. The summed E-state index contributed by atoms with van der Waals surface area (Å²) >= 11 is 1.34. The van der Waals surface area contributed by atoms with E-state index in [0.717, 1.165) is 4.90 Å². The molecule has 0 spiro atoms. The molecule has 0 aliphatic rings. The van der Waals surface area contributed by atoms with Gasteiger partial charge in [-0.25, -0.2) is 0 Å². The quantitative estimate of drug-likeness (QED) is 0.504. The molecular formula is C14H14N2O4S. The lowest BCUT2D eigenvalue weighted by Crippen LogP contribution is -2.30. The van der Waals surface area contributed by atoms with Crippen molar-refractivity contribution in [3.8, 4) is 0 Å². The highest BCUT2D eigenvalue weighted by Crippen LogP contribution is 2.25. The molecule has 2 rings (SSSR count). The molecule has 2 aromatic rings. The van der Waals surface area contributed by atoms with E-state index in [1.54, 1.807) is 37.5 Å². The molecule has 110 valence electrons. The van der Waals surface area contributed by atoms with E-state index in [-0.39, 0.29) is 16.8 Å². The molecule has 1 amide bonds. The summed E-state index contributed by atoms with van der Waals surface area (Å²) in [6.45, 7) is 2.13. The summed E-state index contributed by atoms with van der Waals surface area (Å²) in [6, 6.07) is 9.68. The number of nitro groups is 1. The Bertz CT molecular complexity index is 610. The predicted molar refractivity (Wildman–Crippen MR) is 79.0 cm³/mol. The number of hydrogen-bond donors (Lipinski definition) is 1. The fraction of sp³-hybridized carbons (Fsp3) is 0.214. The summed E-state index contributed by atoms with van der Waals surface area (Å²) < 4.78 is 5.13. The second-order valence-electron chi connectivity index (χ2n) is 4.31. The Balaban J connectivity index is 1.86. The summed E-state index contributed by atoms with van der Waals surface area (Å²) in [5, 5.41) is 13.0. The molecule has 21 heavy (non-hydrogen) atoms. The largest absolute Gasteiger partial charge is 0.467 e.